The van der Waals surface area contributed by atoms with Crippen molar-refractivity contribution in [1.29, 1.82) is 0 Å². The summed E-state index contributed by atoms with van der Waals surface area (Å²) in [5.74, 6) is 1.03. The highest BCUT2D eigenvalue weighted by atomic mass is 16.1. The quantitative estimate of drug-likeness (QED) is 0.506. The van der Waals surface area contributed by atoms with Gasteiger partial charge in [0.25, 0.3) is 0 Å². The molecule has 1 nitrogen and oxygen atoms in total. The molecule has 0 heterocycles. The summed E-state index contributed by atoms with van der Waals surface area (Å²) < 4.78 is 0. The Kier molecular flexibility index (Phi) is 4.03. The number of hydrogen-bond donors (Lipinski definition) is 0. The van der Waals surface area contributed by atoms with E-state index in [1.54, 1.807) is 0 Å². The minimum absolute atomic E-state index is 0.0434. The van der Waals surface area contributed by atoms with Gasteiger partial charge < -0.3 is 0 Å². The average Bonchev–Trinajstić information content (AvgIpc) is 2.05. The van der Waals surface area contributed by atoms with Gasteiger partial charge in [0.05, 0.1) is 0 Å². The molecule has 12 heavy (non-hydrogen) atoms. The van der Waals surface area contributed by atoms with Crippen molar-refractivity contribution in [2.24, 2.45) is 11.3 Å². The largest absolute Gasteiger partial charge is 0.299 e. The zero-order valence-electron chi connectivity index (χ0n) is 8.26. The van der Waals surface area contributed by atoms with Crippen LogP contribution in [0.3, 0.4) is 0 Å². The third-order valence-electron chi connectivity index (χ3n) is 2.99. The monoisotopic (exact) mass is 166 g/mol. The van der Waals surface area contributed by atoms with Crippen LogP contribution < -0.4 is 0 Å². The molecular weight excluding hydrogens is 148 g/mol. The van der Waals surface area contributed by atoms with E-state index in [4.69, 9.17) is 0 Å². The van der Waals surface area contributed by atoms with E-state index in [0.717, 1.165) is 12.8 Å². The maximum atomic E-state index is 11.3. The Morgan fingerprint density at radius 2 is 1.92 bits per heavy atom. The van der Waals surface area contributed by atoms with Crippen LogP contribution >= 0.6 is 0 Å². The van der Waals surface area contributed by atoms with Gasteiger partial charge >= 0.3 is 0 Å². The number of terminal acetylenes is 1. The first kappa shape index (κ1) is 11.2. The van der Waals surface area contributed by atoms with Crippen molar-refractivity contribution in [1.82, 2.24) is 0 Å². The van der Waals surface area contributed by atoms with Gasteiger partial charge in [0, 0.05) is 11.8 Å². The Bertz CT molecular complexity index is 177. The normalized spacial score (nSPS) is 27.1. The first-order chi connectivity index (χ1) is 5.55. The van der Waals surface area contributed by atoms with Gasteiger partial charge in [-0.15, -0.1) is 12.8 Å². The molecule has 0 amide bonds. The predicted molar refractivity (Wildman–Crippen MR) is 51.7 cm³/mol. The van der Waals surface area contributed by atoms with Gasteiger partial charge in [0.1, 0.15) is 5.78 Å². The fourth-order valence-corrected chi connectivity index (χ4v) is 1.53. The lowest BCUT2D eigenvalue weighted by molar-refractivity contribution is -0.132. The van der Waals surface area contributed by atoms with Crippen LogP contribution in [-0.2, 0) is 4.79 Å². The van der Waals surface area contributed by atoms with E-state index in [1.807, 2.05) is 0 Å². The van der Waals surface area contributed by atoms with E-state index in [2.05, 4.69) is 33.6 Å². The fraction of sp³-hybridized carbons (Fsp3) is 0.727. The van der Waals surface area contributed by atoms with Crippen molar-refractivity contribution in [3.63, 3.8) is 0 Å². The third-order valence-corrected chi connectivity index (χ3v) is 2.99. The van der Waals surface area contributed by atoms with Crippen molar-refractivity contribution in [3.8, 4) is 12.8 Å². The van der Waals surface area contributed by atoms with Crippen molar-refractivity contribution in [3.05, 3.63) is 0 Å². The molecule has 1 rings (SSSR count). The van der Waals surface area contributed by atoms with Gasteiger partial charge in [-0.3, -0.25) is 4.79 Å². The predicted octanol–water partition coefficient (Wildman–Crippen LogP) is 2.65. The van der Waals surface area contributed by atoms with Crippen LogP contribution in [0.2, 0.25) is 0 Å². The van der Waals surface area contributed by atoms with Crippen molar-refractivity contribution in [2.45, 2.75) is 40.0 Å². The molecule has 0 N–H and O–H groups in total. The van der Waals surface area contributed by atoms with Crippen LogP contribution in [0.25, 0.3) is 0 Å². The Balaban J connectivity index is 0.000000561. The number of rotatable bonds is 0. The number of Topliss-reactive ketones (excluding diaryl/α,β-unsaturated/α-hetero) is 1. The second-order valence-electron chi connectivity index (χ2n) is 3.94. The van der Waals surface area contributed by atoms with Crippen LogP contribution in [0.15, 0.2) is 0 Å². The summed E-state index contributed by atoms with van der Waals surface area (Å²) in [7, 11) is 0. The molecule has 0 aromatic carbocycles. The van der Waals surface area contributed by atoms with Gasteiger partial charge in [-0.25, -0.2) is 0 Å². The molecule has 1 saturated carbocycles. The highest BCUT2D eigenvalue weighted by Gasteiger charge is 2.35. The standard InChI is InChI=1S/C9H16O.C2H2/c1-7-5-4-6-8(10)9(7,2)3;1-2/h7H,4-6H2,1-3H3;1-2H. The molecule has 1 atom stereocenters. The molecule has 0 aromatic heterocycles. The Morgan fingerprint density at radius 3 is 2.25 bits per heavy atom. The van der Waals surface area contributed by atoms with E-state index in [1.165, 1.54) is 6.42 Å². The molecule has 0 bridgehead atoms. The molecule has 1 heteroatoms. The molecule has 0 spiro atoms. The van der Waals surface area contributed by atoms with E-state index < -0.39 is 0 Å². The van der Waals surface area contributed by atoms with E-state index in [0.29, 0.717) is 11.7 Å². The SMILES string of the molecule is C#C.CC1CCCC(=O)C1(C)C. The third kappa shape index (κ3) is 2.11. The van der Waals surface area contributed by atoms with E-state index in [-0.39, 0.29) is 5.41 Å². The van der Waals surface area contributed by atoms with Crippen molar-refractivity contribution < 1.29 is 4.79 Å². The number of hydrogen-bond acceptors (Lipinski definition) is 1. The number of carbonyl (C=O) groups excluding carboxylic acids is 1. The lowest BCUT2D eigenvalue weighted by Crippen LogP contribution is -2.34. The van der Waals surface area contributed by atoms with Crippen LogP contribution in [0.4, 0.5) is 0 Å². The molecule has 1 aliphatic rings. The number of carbonyl (C=O) groups is 1. The van der Waals surface area contributed by atoms with E-state index >= 15 is 0 Å². The lowest BCUT2D eigenvalue weighted by atomic mass is 9.69. The molecular formula is C11H18O. The van der Waals surface area contributed by atoms with Crippen molar-refractivity contribution >= 4 is 5.78 Å². The molecule has 0 radical (unpaired) electrons. The summed E-state index contributed by atoms with van der Waals surface area (Å²) in [6.45, 7) is 6.31. The van der Waals surface area contributed by atoms with Crippen molar-refractivity contribution in [2.75, 3.05) is 0 Å². The molecule has 0 saturated heterocycles. The summed E-state index contributed by atoms with van der Waals surface area (Å²) >= 11 is 0. The zero-order valence-corrected chi connectivity index (χ0v) is 8.26. The molecule has 0 aliphatic heterocycles. The first-order valence-corrected chi connectivity index (χ1v) is 4.42. The lowest BCUT2D eigenvalue weighted by Gasteiger charge is -2.34. The Labute approximate surface area is 75.5 Å². The Hall–Kier alpha value is -0.770. The summed E-state index contributed by atoms with van der Waals surface area (Å²) in [5, 5.41) is 0. The summed E-state index contributed by atoms with van der Waals surface area (Å²) in [4.78, 5) is 11.3. The van der Waals surface area contributed by atoms with Gasteiger partial charge in [-0.05, 0) is 18.8 Å². The van der Waals surface area contributed by atoms with Gasteiger partial charge in [-0.2, -0.15) is 0 Å². The summed E-state index contributed by atoms with van der Waals surface area (Å²) in [6, 6.07) is 0. The summed E-state index contributed by atoms with van der Waals surface area (Å²) in [5.41, 5.74) is -0.0434. The number of ketones is 1. The maximum absolute atomic E-state index is 11.3. The fourth-order valence-electron chi connectivity index (χ4n) is 1.53. The second kappa shape index (κ2) is 4.30. The average molecular weight is 166 g/mol. The van der Waals surface area contributed by atoms with Crippen LogP contribution in [0.5, 0.6) is 0 Å². The maximum Gasteiger partial charge on any atom is 0.138 e. The molecule has 1 aliphatic carbocycles. The van der Waals surface area contributed by atoms with Gasteiger partial charge in [0.15, 0.2) is 0 Å². The van der Waals surface area contributed by atoms with Gasteiger partial charge in [0.2, 0.25) is 0 Å². The minimum atomic E-state index is -0.0434. The molecule has 1 unspecified atom stereocenters. The Morgan fingerprint density at radius 1 is 1.42 bits per heavy atom. The van der Waals surface area contributed by atoms with Crippen LogP contribution in [0.1, 0.15) is 40.0 Å². The molecule has 0 aromatic rings. The van der Waals surface area contributed by atoms with E-state index in [9.17, 15) is 4.79 Å². The summed E-state index contributed by atoms with van der Waals surface area (Å²) in [6.07, 6.45) is 11.1. The minimum Gasteiger partial charge on any atom is -0.299 e. The highest BCUT2D eigenvalue weighted by Crippen LogP contribution is 2.37. The first-order valence-electron chi connectivity index (χ1n) is 4.42. The molecule has 68 valence electrons. The molecule has 1 fully saturated rings. The zero-order chi connectivity index (χ0) is 9.78. The highest BCUT2D eigenvalue weighted by molar-refractivity contribution is 5.84. The van der Waals surface area contributed by atoms with Gasteiger partial charge in [-0.1, -0.05) is 20.8 Å². The second-order valence-corrected chi connectivity index (χ2v) is 3.94. The topological polar surface area (TPSA) is 17.1 Å². The van der Waals surface area contributed by atoms with Crippen LogP contribution in [-0.4, -0.2) is 5.78 Å². The van der Waals surface area contributed by atoms with Crippen LogP contribution in [0, 0.1) is 24.2 Å². The smallest absolute Gasteiger partial charge is 0.138 e.